The molecule has 2 N–H and O–H groups in total. The fourth-order valence-electron chi connectivity index (χ4n) is 2.93. The summed E-state index contributed by atoms with van der Waals surface area (Å²) in [5, 5.41) is 4.15. The number of thiophene rings is 1. The van der Waals surface area contributed by atoms with Gasteiger partial charge in [0.1, 0.15) is 0 Å². The summed E-state index contributed by atoms with van der Waals surface area (Å²) in [7, 11) is 0. The number of nitrogens with two attached hydrogens (primary N) is 1. The van der Waals surface area contributed by atoms with E-state index in [2.05, 4.69) is 16.8 Å². The average molecular weight is 300 g/mol. The van der Waals surface area contributed by atoms with Crippen molar-refractivity contribution in [3.63, 3.8) is 0 Å². The van der Waals surface area contributed by atoms with E-state index >= 15 is 0 Å². The molecule has 1 amide bonds. The van der Waals surface area contributed by atoms with E-state index in [-0.39, 0.29) is 17.9 Å². The van der Waals surface area contributed by atoms with E-state index in [0.29, 0.717) is 6.54 Å². The lowest BCUT2D eigenvalue weighted by molar-refractivity contribution is -0.122. The number of amides is 1. The summed E-state index contributed by atoms with van der Waals surface area (Å²) >= 11 is 1.66. The van der Waals surface area contributed by atoms with Crippen LogP contribution in [0.3, 0.4) is 0 Å². The Hall–Kier alpha value is -1.65. The Balaban J connectivity index is 1.83. The minimum Gasteiger partial charge on any atom is -0.328 e. The van der Waals surface area contributed by atoms with Crippen LogP contribution < -0.4 is 10.6 Å². The van der Waals surface area contributed by atoms with Gasteiger partial charge in [-0.1, -0.05) is 18.2 Å². The molecule has 1 saturated carbocycles. The molecule has 0 saturated heterocycles. The number of anilines is 1. The smallest absolute Gasteiger partial charge is 0.230 e. The Morgan fingerprint density at radius 3 is 2.67 bits per heavy atom. The van der Waals surface area contributed by atoms with Gasteiger partial charge in [-0.15, -0.1) is 0 Å². The van der Waals surface area contributed by atoms with Crippen LogP contribution in [-0.4, -0.2) is 11.9 Å². The first kappa shape index (κ1) is 14.3. The summed E-state index contributed by atoms with van der Waals surface area (Å²) in [5.74, 6) is 0.277. The summed E-state index contributed by atoms with van der Waals surface area (Å²) in [5.41, 5.74) is 8.12. The Morgan fingerprint density at radius 2 is 2.05 bits per heavy atom. The minimum absolute atomic E-state index is 0.0684. The highest BCUT2D eigenvalue weighted by atomic mass is 32.1. The third-order valence-corrected chi connectivity index (χ3v) is 4.81. The summed E-state index contributed by atoms with van der Waals surface area (Å²) in [6, 6.07) is 12.2. The van der Waals surface area contributed by atoms with Crippen LogP contribution >= 0.6 is 11.3 Å². The van der Waals surface area contributed by atoms with Crippen molar-refractivity contribution in [2.24, 2.45) is 11.7 Å². The van der Waals surface area contributed by atoms with Gasteiger partial charge < -0.3 is 10.6 Å². The number of carbonyl (C=O) groups excluding carboxylic acids is 1. The highest BCUT2D eigenvalue weighted by molar-refractivity contribution is 7.07. The van der Waals surface area contributed by atoms with Gasteiger partial charge in [-0.3, -0.25) is 4.79 Å². The second-order valence-corrected chi connectivity index (χ2v) is 6.44. The van der Waals surface area contributed by atoms with Gasteiger partial charge in [-0.25, -0.2) is 0 Å². The number of para-hydroxylation sites is 1. The number of hydrogen-bond donors (Lipinski definition) is 1. The third kappa shape index (κ3) is 3.34. The van der Waals surface area contributed by atoms with Crippen LogP contribution in [0.1, 0.15) is 24.8 Å². The SMILES string of the molecule is N[C@H]1CC[C@@H](C(=O)N(Cc2ccsc2)c2ccccc2)C1. The van der Waals surface area contributed by atoms with Gasteiger partial charge in [-0.2, -0.15) is 11.3 Å². The Bertz CT molecular complexity index is 582. The van der Waals surface area contributed by atoms with E-state index in [9.17, 15) is 4.79 Å². The topological polar surface area (TPSA) is 46.3 Å². The first-order valence-electron chi connectivity index (χ1n) is 7.37. The standard InChI is InChI=1S/C17H20N2OS/c18-15-7-6-14(10-15)17(20)19(11-13-8-9-21-12-13)16-4-2-1-3-5-16/h1-5,8-9,12,14-15H,6-7,10-11,18H2/t14-,15+/m1/s1. The first-order chi connectivity index (χ1) is 10.2. The molecular formula is C17H20N2OS. The molecule has 3 nitrogen and oxygen atoms in total. The first-order valence-corrected chi connectivity index (χ1v) is 8.31. The van der Waals surface area contributed by atoms with E-state index in [1.807, 2.05) is 35.2 Å². The van der Waals surface area contributed by atoms with Crippen LogP contribution in [0.2, 0.25) is 0 Å². The number of carbonyl (C=O) groups is 1. The molecule has 0 spiro atoms. The monoisotopic (exact) mass is 300 g/mol. The average Bonchev–Trinajstić information content (AvgIpc) is 3.16. The fraction of sp³-hybridized carbons (Fsp3) is 0.353. The summed E-state index contributed by atoms with van der Waals surface area (Å²) in [4.78, 5) is 14.8. The molecule has 3 rings (SSSR count). The zero-order valence-corrected chi connectivity index (χ0v) is 12.8. The minimum atomic E-state index is 0.0684. The van der Waals surface area contributed by atoms with E-state index < -0.39 is 0 Å². The molecule has 110 valence electrons. The molecule has 2 atom stereocenters. The Labute approximate surface area is 129 Å². The van der Waals surface area contributed by atoms with Crippen LogP contribution in [0.4, 0.5) is 5.69 Å². The zero-order chi connectivity index (χ0) is 14.7. The van der Waals surface area contributed by atoms with Gasteiger partial charge in [0, 0.05) is 17.6 Å². The van der Waals surface area contributed by atoms with E-state index in [1.165, 1.54) is 5.56 Å². The number of benzene rings is 1. The summed E-state index contributed by atoms with van der Waals surface area (Å²) < 4.78 is 0. The highest BCUT2D eigenvalue weighted by Crippen LogP contribution is 2.29. The molecule has 0 bridgehead atoms. The number of nitrogens with zero attached hydrogens (tertiary/aromatic N) is 1. The third-order valence-electron chi connectivity index (χ3n) is 4.08. The van der Waals surface area contributed by atoms with Crippen molar-refractivity contribution in [1.29, 1.82) is 0 Å². The largest absolute Gasteiger partial charge is 0.328 e. The lowest BCUT2D eigenvalue weighted by Gasteiger charge is -2.25. The lowest BCUT2D eigenvalue weighted by Crippen LogP contribution is -2.35. The van der Waals surface area contributed by atoms with Crippen molar-refractivity contribution in [3.8, 4) is 0 Å². The van der Waals surface area contributed by atoms with Crippen molar-refractivity contribution in [3.05, 3.63) is 52.7 Å². The molecule has 0 aliphatic heterocycles. The molecule has 1 fully saturated rings. The molecule has 21 heavy (non-hydrogen) atoms. The van der Waals surface area contributed by atoms with Crippen molar-refractivity contribution < 1.29 is 4.79 Å². The molecular weight excluding hydrogens is 280 g/mol. The molecule has 1 aliphatic rings. The maximum atomic E-state index is 12.9. The maximum absolute atomic E-state index is 12.9. The predicted molar refractivity (Wildman–Crippen MR) is 87.3 cm³/mol. The normalized spacial score (nSPS) is 21.4. The molecule has 0 unspecified atom stereocenters. The van der Waals surface area contributed by atoms with Crippen LogP contribution in [0.25, 0.3) is 0 Å². The van der Waals surface area contributed by atoms with Gasteiger partial charge in [-0.05, 0) is 53.8 Å². The molecule has 1 heterocycles. The molecule has 1 aliphatic carbocycles. The van der Waals surface area contributed by atoms with Crippen LogP contribution in [0.5, 0.6) is 0 Å². The fourth-order valence-corrected chi connectivity index (χ4v) is 3.59. The van der Waals surface area contributed by atoms with Crippen LogP contribution in [-0.2, 0) is 11.3 Å². The maximum Gasteiger partial charge on any atom is 0.230 e. The lowest BCUT2D eigenvalue weighted by atomic mass is 10.1. The van der Waals surface area contributed by atoms with Crippen molar-refractivity contribution in [2.45, 2.75) is 31.8 Å². The van der Waals surface area contributed by atoms with E-state index in [1.54, 1.807) is 11.3 Å². The molecule has 4 heteroatoms. The van der Waals surface area contributed by atoms with E-state index in [0.717, 1.165) is 24.9 Å². The number of hydrogen-bond acceptors (Lipinski definition) is 3. The second-order valence-electron chi connectivity index (χ2n) is 5.66. The van der Waals surface area contributed by atoms with Crippen LogP contribution in [0, 0.1) is 5.92 Å². The molecule has 1 aromatic heterocycles. The van der Waals surface area contributed by atoms with E-state index in [4.69, 9.17) is 5.73 Å². The van der Waals surface area contributed by atoms with Gasteiger partial charge in [0.05, 0.1) is 6.54 Å². The molecule has 1 aromatic carbocycles. The van der Waals surface area contributed by atoms with Gasteiger partial charge in [0.15, 0.2) is 0 Å². The Morgan fingerprint density at radius 1 is 1.24 bits per heavy atom. The van der Waals surface area contributed by atoms with Gasteiger partial charge >= 0.3 is 0 Å². The summed E-state index contributed by atoms with van der Waals surface area (Å²) in [6.07, 6.45) is 2.68. The van der Waals surface area contributed by atoms with Crippen molar-refractivity contribution in [1.82, 2.24) is 0 Å². The van der Waals surface area contributed by atoms with Crippen LogP contribution in [0.15, 0.2) is 47.2 Å². The van der Waals surface area contributed by atoms with Gasteiger partial charge in [0.25, 0.3) is 0 Å². The van der Waals surface area contributed by atoms with Crippen molar-refractivity contribution >= 4 is 22.9 Å². The zero-order valence-electron chi connectivity index (χ0n) is 11.9. The summed E-state index contributed by atoms with van der Waals surface area (Å²) in [6.45, 7) is 0.637. The molecule has 0 radical (unpaired) electrons. The Kier molecular flexibility index (Phi) is 4.36. The quantitative estimate of drug-likeness (QED) is 0.940. The van der Waals surface area contributed by atoms with Crippen molar-refractivity contribution in [2.75, 3.05) is 4.90 Å². The second kappa shape index (κ2) is 6.41. The highest BCUT2D eigenvalue weighted by Gasteiger charge is 2.31. The predicted octanol–water partition coefficient (Wildman–Crippen LogP) is 3.41. The van der Waals surface area contributed by atoms with Gasteiger partial charge in [0.2, 0.25) is 5.91 Å². The number of rotatable bonds is 4. The molecule has 2 aromatic rings.